The van der Waals surface area contributed by atoms with E-state index in [4.69, 9.17) is 0 Å². The molecule has 2 aromatic heterocycles. The Hall–Kier alpha value is -1.62. The fourth-order valence-electron chi connectivity index (χ4n) is 3.50. The predicted octanol–water partition coefficient (Wildman–Crippen LogP) is 3.24. The van der Waals surface area contributed by atoms with Gasteiger partial charge in [-0.2, -0.15) is 5.10 Å². The summed E-state index contributed by atoms with van der Waals surface area (Å²) in [6, 6.07) is 2.50. The minimum absolute atomic E-state index is 0.146. The molecule has 0 radical (unpaired) electrons. The lowest BCUT2D eigenvalue weighted by Gasteiger charge is -2.36. The average molecular weight is 301 g/mol. The van der Waals surface area contributed by atoms with E-state index in [2.05, 4.69) is 26.5 Å². The fourth-order valence-corrected chi connectivity index (χ4v) is 4.42. The van der Waals surface area contributed by atoms with E-state index >= 15 is 0 Å². The maximum atomic E-state index is 13.0. The van der Waals surface area contributed by atoms with E-state index in [9.17, 15) is 4.79 Å². The summed E-state index contributed by atoms with van der Waals surface area (Å²) in [7, 11) is 0. The molecule has 1 fully saturated rings. The highest BCUT2D eigenvalue weighted by molar-refractivity contribution is 7.10. The molecule has 1 unspecified atom stereocenters. The number of H-pyrrole nitrogens is 1. The van der Waals surface area contributed by atoms with E-state index in [-0.39, 0.29) is 11.9 Å². The van der Waals surface area contributed by atoms with Gasteiger partial charge in [0, 0.05) is 17.1 Å². The number of fused-ring (bicyclic) bond motifs is 1. The number of rotatable bonds is 2. The van der Waals surface area contributed by atoms with Crippen LogP contribution < -0.4 is 0 Å². The number of hydrogen-bond acceptors (Lipinski definition) is 3. The van der Waals surface area contributed by atoms with E-state index in [1.807, 2.05) is 25.2 Å². The van der Waals surface area contributed by atoms with E-state index in [1.54, 1.807) is 0 Å². The number of nitrogens with zero attached hydrogens (tertiary/aromatic N) is 2. The molecule has 4 rings (SSSR count). The average Bonchev–Trinajstić information content (AvgIpc) is 3.10. The minimum atomic E-state index is 0.146. The zero-order valence-corrected chi connectivity index (χ0v) is 13.2. The molecule has 1 N–H and O–H groups in total. The van der Waals surface area contributed by atoms with Gasteiger partial charge < -0.3 is 4.90 Å². The van der Waals surface area contributed by atoms with Crippen molar-refractivity contribution in [2.45, 2.75) is 39.2 Å². The van der Waals surface area contributed by atoms with Gasteiger partial charge in [-0.1, -0.05) is 0 Å². The van der Waals surface area contributed by atoms with Crippen molar-refractivity contribution in [3.05, 3.63) is 38.8 Å². The zero-order chi connectivity index (χ0) is 14.6. The molecule has 0 spiro atoms. The van der Waals surface area contributed by atoms with Gasteiger partial charge in [0.1, 0.15) is 0 Å². The summed E-state index contributed by atoms with van der Waals surface area (Å²) in [6.07, 6.45) is 3.47. The molecule has 21 heavy (non-hydrogen) atoms. The Morgan fingerprint density at radius 1 is 1.43 bits per heavy atom. The molecule has 1 atom stereocenters. The Labute approximate surface area is 128 Å². The van der Waals surface area contributed by atoms with Crippen molar-refractivity contribution in [1.29, 1.82) is 0 Å². The summed E-state index contributed by atoms with van der Waals surface area (Å²) < 4.78 is 0. The van der Waals surface area contributed by atoms with Gasteiger partial charge in [-0.3, -0.25) is 9.89 Å². The van der Waals surface area contributed by atoms with Crippen LogP contribution in [0.5, 0.6) is 0 Å². The summed E-state index contributed by atoms with van der Waals surface area (Å²) in [5.41, 5.74) is 3.84. The lowest BCUT2D eigenvalue weighted by Crippen LogP contribution is -2.40. The second-order valence-electron chi connectivity index (χ2n) is 6.14. The normalized spacial score (nSPS) is 21.4. The number of aromatic amines is 1. The molecule has 110 valence electrons. The Bertz CT molecular complexity index is 679. The standard InChI is InChI=1S/C16H19N3OS/c1-9-14(10(2)18-17-9)16(20)19-7-5-13-12(6-8-21-13)15(19)11-3-4-11/h6,8,11,15H,3-5,7H2,1-2H3,(H,17,18). The van der Waals surface area contributed by atoms with Crippen LogP contribution >= 0.6 is 11.3 Å². The first-order chi connectivity index (χ1) is 10.2. The highest BCUT2D eigenvalue weighted by Gasteiger charge is 2.42. The molecule has 0 bridgehead atoms. The molecule has 2 aromatic rings. The van der Waals surface area contributed by atoms with E-state index in [0.717, 1.165) is 29.9 Å². The maximum absolute atomic E-state index is 13.0. The third kappa shape index (κ3) is 2.02. The molecule has 3 heterocycles. The molecule has 5 heteroatoms. The Kier molecular flexibility index (Phi) is 2.92. The fraction of sp³-hybridized carbons (Fsp3) is 0.500. The van der Waals surface area contributed by atoms with Gasteiger partial charge in [-0.05, 0) is 56.0 Å². The summed E-state index contributed by atoms with van der Waals surface area (Å²) in [6.45, 7) is 4.67. The summed E-state index contributed by atoms with van der Waals surface area (Å²) >= 11 is 1.84. The molecule has 1 amide bonds. The number of thiophene rings is 1. The van der Waals surface area contributed by atoms with Gasteiger partial charge in [0.2, 0.25) is 0 Å². The minimum Gasteiger partial charge on any atom is -0.331 e. The van der Waals surface area contributed by atoms with Crippen LogP contribution in [-0.2, 0) is 6.42 Å². The van der Waals surface area contributed by atoms with Crippen molar-refractivity contribution < 1.29 is 4.79 Å². The molecule has 1 saturated carbocycles. The second kappa shape index (κ2) is 4.70. The molecule has 1 aliphatic carbocycles. The molecular formula is C16H19N3OS. The molecule has 2 aliphatic rings. The van der Waals surface area contributed by atoms with Crippen LogP contribution in [0.4, 0.5) is 0 Å². The lowest BCUT2D eigenvalue weighted by atomic mass is 9.95. The number of aryl methyl sites for hydroxylation is 2. The van der Waals surface area contributed by atoms with Crippen LogP contribution in [0.1, 0.15) is 51.1 Å². The van der Waals surface area contributed by atoms with Crippen LogP contribution in [-0.4, -0.2) is 27.5 Å². The smallest absolute Gasteiger partial charge is 0.258 e. The topological polar surface area (TPSA) is 49.0 Å². The highest BCUT2D eigenvalue weighted by atomic mass is 32.1. The zero-order valence-electron chi connectivity index (χ0n) is 12.3. The van der Waals surface area contributed by atoms with Crippen molar-refractivity contribution in [3.63, 3.8) is 0 Å². The molecule has 1 aliphatic heterocycles. The Morgan fingerprint density at radius 3 is 2.90 bits per heavy atom. The largest absolute Gasteiger partial charge is 0.331 e. The molecule has 0 saturated heterocycles. The lowest BCUT2D eigenvalue weighted by molar-refractivity contribution is 0.0635. The van der Waals surface area contributed by atoms with E-state index < -0.39 is 0 Å². The summed E-state index contributed by atoms with van der Waals surface area (Å²) in [4.78, 5) is 16.6. The summed E-state index contributed by atoms with van der Waals surface area (Å²) in [5, 5.41) is 9.29. The van der Waals surface area contributed by atoms with Crippen LogP contribution in [0.3, 0.4) is 0 Å². The van der Waals surface area contributed by atoms with Gasteiger partial charge in [-0.25, -0.2) is 0 Å². The predicted molar refractivity (Wildman–Crippen MR) is 82.6 cm³/mol. The maximum Gasteiger partial charge on any atom is 0.258 e. The van der Waals surface area contributed by atoms with Crippen molar-refractivity contribution in [2.24, 2.45) is 5.92 Å². The first-order valence-corrected chi connectivity index (χ1v) is 8.43. The van der Waals surface area contributed by atoms with Crippen molar-refractivity contribution >= 4 is 17.2 Å². The second-order valence-corrected chi connectivity index (χ2v) is 7.14. The third-order valence-corrected chi connectivity index (χ3v) is 5.68. The van der Waals surface area contributed by atoms with Crippen molar-refractivity contribution in [3.8, 4) is 0 Å². The van der Waals surface area contributed by atoms with Crippen LogP contribution in [0.2, 0.25) is 0 Å². The quantitative estimate of drug-likeness (QED) is 0.925. The van der Waals surface area contributed by atoms with E-state index in [1.165, 1.54) is 23.3 Å². The molecule has 0 aromatic carbocycles. The number of nitrogens with one attached hydrogen (secondary N) is 1. The number of aromatic nitrogens is 2. The molecule has 4 nitrogen and oxygen atoms in total. The van der Waals surface area contributed by atoms with Gasteiger partial charge in [-0.15, -0.1) is 11.3 Å². The third-order valence-electron chi connectivity index (χ3n) is 4.69. The van der Waals surface area contributed by atoms with Crippen molar-refractivity contribution in [2.75, 3.05) is 6.54 Å². The number of carbonyl (C=O) groups is 1. The number of amides is 1. The highest BCUT2D eigenvalue weighted by Crippen LogP contribution is 2.48. The number of hydrogen-bond donors (Lipinski definition) is 1. The monoisotopic (exact) mass is 301 g/mol. The summed E-state index contributed by atoms with van der Waals surface area (Å²) in [5.74, 6) is 0.794. The van der Waals surface area contributed by atoms with Gasteiger partial charge in [0.15, 0.2) is 0 Å². The van der Waals surface area contributed by atoms with Crippen molar-refractivity contribution in [1.82, 2.24) is 15.1 Å². The van der Waals surface area contributed by atoms with Crippen LogP contribution in [0.25, 0.3) is 0 Å². The Morgan fingerprint density at radius 2 is 2.24 bits per heavy atom. The van der Waals surface area contributed by atoms with Gasteiger partial charge >= 0.3 is 0 Å². The number of carbonyl (C=O) groups excluding carboxylic acids is 1. The molecular weight excluding hydrogens is 282 g/mol. The van der Waals surface area contributed by atoms with Gasteiger partial charge in [0.05, 0.1) is 17.3 Å². The van der Waals surface area contributed by atoms with Gasteiger partial charge in [0.25, 0.3) is 5.91 Å². The first kappa shape index (κ1) is 13.1. The van der Waals surface area contributed by atoms with Crippen LogP contribution in [0, 0.1) is 19.8 Å². The Balaban J connectivity index is 1.73. The SMILES string of the molecule is Cc1n[nH]c(C)c1C(=O)N1CCc2sccc2C1C1CC1. The van der Waals surface area contributed by atoms with E-state index in [0.29, 0.717) is 5.92 Å². The first-order valence-electron chi connectivity index (χ1n) is 7.55. The van der Waals surface area contributed by atoms with Crippen LogP contribution in [0.15, 0.2) is 11.4 Å².